The summed E-state index contributed by atoms with van der Waals surface area (Å²) in [4.78, 5) is 0. The van der Waals surface area contributed by atoms with E-state index >= 15 is 0 Å². The van der Waals surface area contributed by atoms with E-state index in [4.69, 9.17) is 5.11 Å². The lowest BCUT2D eigenvalue weighted by Crippen LogP contribution is -1.87. The van der Waals surface area contributed by atoms with E-state index in [0.717, 1.165) is 11.3 Å². The fourth-order valence-corrected chi connectivity index (χ4v) is 1.20. The van der Waals surface area contributed by atoms with E-state index < -0.39 is 0 Å². The zero-order valence-electron chi connectivity index (χ0n) is 9.31. The van der Waals surface area contributed by atoms with Gasteiger partial charge in [0.1, 0.15) is 5.75 Å². The topological polar surface area (TPSA) is 38.0 Å². The van der Waals surface area contributed by atoms with E-state index in [-0.39, 0.29) is 5.75 Å². The molecule has 1 N–H and O–H groups in total. The Bertz CT molecular complexity index is 404. The molecule has 3 heteroatoms. The zero-order chi connectivity index (χ0) is 11.3. The second kappa shape index (κ2) is 5.20. The molecular formula is C12H16N2O. The lowest BCUT2D eigenvalue weighted by molar-refractivity contribution is 0.475. The minimum Gasteiger partial charge on any atom is -0.508 e. The van der Waals surface area contributed by atoms with Crippen molar-refractivity contribution in [3.63, 3.8) is 0 Å². The normalized spacial score (nSPS) is 9.27. The molecule has 0 aliphatic carbocycles. The highest BCUT2D eigenvalue weighted by Gasteiger charge is 1.99. The van der Waals surface area contributed by atoms with E-state index in [1.54, 1.807) is 16.8 Å². The number of phenolic OH excluding ortho intramolecular Hbond substituents is 1. The first-order valence-electron chi connectivity index (χ1n) is 5.05. The van der Waals surface area contributed by atoms with Gasteiger partial charge in [-0.25, -0.2) is 0 Å². The van der Waals surface area contributed by atoms with Gasteiger partial charge < -0.3 is 5.11 Å². The third-order valence-electron chi connectivity index (χ3n) is 1.88. The summed E-state index contributed by atoms with van der Waals surface area (Å²) in [5.74, 6) is 0.277. The van der Waals surface area contributed by atoms with Crippen LogP contribution in [0.15, 0.2) is 36.5 Å². The van der Waals surface area contributed by atoms with Crippen LogP contribution in [-0.2, 0) is 7.05 Å². The van der Waals surface area contributed by atoms with Gasteiger partial charge in [0, 0.05) is 18.8 Å². The summed E-state index contributed by atoms with van der Waals surface area (Å²) in [5, 5.41) is 13.3. The molecule has 0 bridgehead atoms. The van der Waals surface area contributed by atoms with Crippen LogP contribution in [0.3, 0.4) is 0 Å². The van der Waals surface area contributed by atoms with Gasteiger partial charge in [-0.3, -0.25) is 4.68 Å². The fraction of sp³-hybridized carbons (Fsp3) is 0.250. The molecule has 0 saturated carbocycles. The van der Waals surface area contributed by atoms with E-state index in [0.29, 0.717) is 0 Å². The summed E-state index contributed by atoms with van der Waals surface area (Å²) in [7, 11) is 1.88. The molecule has 3 nitrogen and oxygen atoms in total. The second-order valence-corrected chi connectivity index (χ2v) is 2.92. The van der Waals surface area contributed by atoms with Crippen LogP contribution < -0.4 is 0 Å². The Labute approximate surface area is 90.0 Å². The van der Waals surface area contributed by atoms with Crippen molar-refractivity contribution >= 4 is 0 Å². The highest BCUT2D eigenvalue weighted by molar-refractivity contribution is 5.59. The van der Waals surface area contributed by atoms with E-state index in [1.165, 1.54) is 0 Å². The molecule has 1 aromatic heterocycles. The SMILES string of the molecule is CC.Cn1ccc(-c2ccc(O)cc2)n1. The number of aromatic hydroxyl groups is 1. The molecule has 0 radical (unpaired) electrons. The van der Waals surface area contributed by atoms with Crippen LogP contribution in [-0.4, -0.2) is 14.9 Å². The Kier molecular flexibility index (Phi) is 3.92. The summed E-state index contributed by atoms with van der Waals surface area (Å²) in [6, 6.07) is 8.94. The van der Waals surface area contributed by atoms with Crippen molar-refractivity contribution in [2.24, 2.45) is 7.05 Å². The first-order chi connectivity index (χ1) is 7.25. The number of nitrogens with zero attached hydrogens (tertiary/aromatic N) is 2. The van der Waals surface area contributed by atoms with Crippen molar-refractivity contribution in [1.82, 2.24) is 9.78 Å². The standard InChI is InChI=1S/C10H10N2O.C2H6/c1-12-7-6-10(11-12)8-2-4-9(13)5-3-8;1-2/h2-7,13H,1H3;1-2H3. The van der Waals surface area contributed by atoms with Crippen LogP contribution in [0.4, 0.5) is 0 Å². The largest absolute Gasteiger partial charge is 0.508 e. The zero-order valence-corrected chi connectivity index (χ0v) is 9.31. The van der Waals surface area contributed by atoms with Crippen molar-refractivity contribution in [3.05, 3.63) is 36.5 Å². The maximum atomic E-state index is 9.08. The lowest BCUT2D eigenvalue weighted by atomic mass is 10.1. The number of hydrogen-bond acceptors (Lipinski definition) is 2. The average molecular weight is 204 g/mol. The summed E-state index contributed by atoms with van der Waals surface area (Å²) in [6.45, 7) is 4.00. The fourth-order valence-electron chi connectivity index (χ4n) is 1.20. The van der Waals surface area contributed by atoms with Crippen molar-refractivity contribution < 1.29 is 5.11 Å². The molecule has 2 aromatic rings. The average Bonchev–Trinajstić information content (AvgIpc) is 2.69. The number of aromatic nitrogens is 2. The van der Waals surface area contributed by atoms with Crippen LogP contribution in [0.2, 0.25) is 0 Å². The van der Waals surface area contributed by atoms with Gasteiger partial charge in [-0.1, -0.05) is 13.8 Å². The van der Waals surface area contributed by atoms with Gasteiger partial charge >= 0.3 is 0 Å². The smallest absolute Gasteiger partial charge is 0.115 e. The molecule has 1 heterocycles. The van der Waals surface area contributed by atoms with Crippen molar-refractivity contribution in [2.45, 2.75) is 13.8 Å². The monoisotopic (exact) mass is 204 g/mol. The van der Waals surface area contributed by atoms with E-state index in [2.05, 4.69) is 5.10 Å². The number of phenols is 1. The maximum absolute atomic E-state index is 9.08. The summed E-state index contributed by atoms with van der Waals surface area (Å²) < 4.78 is 1.75. The molecule has 80 valence electrons. The molecule has 0 saturated heterocycles. The maximum Gasteiger partial charge on any atom is 0.115 e. The van der Waals surface area contributed by atoms with E-state index in [1.807, 2.05) is 45.3 Å². The van der Waals surface area contributed by atoms with Crippen molar-refractivity contribution in [1.29, 1.82) is 0 Å². The highest BCUT2D eigenvalue weighted by atomic mass is 16.3. The Hall–Kier alpha value is -1.77. The number of aryl methyl sites for hydroxylation is 1. The highest BCUT2D eigenvalue weighted by Crippen LogP contribution is 2.19. The third-order valence-corrected chi connectivity index (χ3v) is 1.88. The Morgan fingerprint density at radius 3 is 2.13 bits per heavy atom. The second-order valence-electron chi connectivity index (χ2n) is 2.92. The minimum atomic E-state index is 0.277. The molecule has 15 heavy (non-hydrogen) atoms. The van der Waals surface area contributed by atoms with Gasteiger partial charge in [0.25, 0.3) is 0 Å². The molecule has 0 aliphatic rings. The summed E-state index contributed by atoms with van der Waals surface area (Å²) >= 11 is 0. The molecule has 0 atom stereocenters. The van der Waals surface area contributed by atoms with Gasteiger partial charge in [0.05, 0.1) is 5.69 Å². The van der Waals surface area contributed by atoms with Gasteiger partial charge in [0.15, 0.2) is 0 Å². The van der Waals surface area contributed by atoms with Gasteiger partial charge in [-0.05, 0) is 30.3 Å². The van der Waals surface area contributed by atoms with Crippen molar-refractivity contribution in [2.75, 3.05) is 0 Å². The summed E-state index contributed by atoms with van der Waals surface area (Å²) in [5.41, 5.74) is 1.93. The third kappa shape index (κ3) is 2.84. The molecule has 0 aliphatic heterocycles. The quantitative estimate of drug-likeness (QED) is 0.775. The van der Waals surface area contributed by atoms with Crippen LogP contribution in [0.5, 0.6) is 5.75 Å². The molecule has 0 spiro atoms. The predicted octanol–water partition coefficient (Wildman–Crippen LogP) is 2.82. The summed E-state index contributed by atoms with van der Waals surface area (Å²) in [6.07, 6.45) is 1.89. The molecule has 0 amide bonds. The molecular weight excluding hydrogens is 188 g/mol. The Balaban J connectivity index is 0.000000531. The molecule has 2 rings (SSSR count). The Morgan fingerprint density at radius 1 is 1.07 bits per heavy atom. The van der Waals surface area contributed by atoms with Crippen LogP contribution in [0.1, 0.15) is 13.8 Å². The number of benzene rings is 1. The molecule has 0 fully saturated rings. The van der Waals surface area contributed by atoms with Crippen molar-refractivity contribution in [3.8, 4) is 17.0 Å². The predicted molar refractivity (Wildman–Crippen MR) is 61.7 cm³/mol. The minimum absolute atomic E-state index is 0.277. The molecule has 0 unspecified atom stereocenters. The lowest BCUT2D eigenvalue weighted by Gasteiger charge is -1.95. The number of hydrogen-bond donors (Lipinski definition) is 1. The Morgan fingerprint density at radius 2 is 1.67 bits per heavy atom. The number of rotatable bonds is 1. The van der Waals surface area contributed by atoms with Gasteiger partial charge in [-0.15, -0.1) is 0 Å². The molecule has 1 aromatic carbocycles. The van der Waals surface area contributed by atoms with Crippen LogP contribution in [0.25, 0.3) is 11.3 Å². The van der Waals surface area contributed by atoms with Crippen LogP contribution in [0, 0.1) is 0 Å². The van der Waals surface area contributed by atoms with Gasteiger partial charge in [0.2, 0.25) is 0 Å². The first kappa shape index (κ1) is 11.3. The van der Waals surface area contributed by atoms with Gasteiger partial charge in [-0.2, -0.15) is 5.10 Å². The van der Waals surface area contributed by atoms with E-state index in [9.17, 15) is 0 Å². The first-order valence-corrected chi connectivity index (χ1v) is 5.05. The van der Waals surface area contributed by atoms with Crippen LogP contribution >= 0.6 is 0 Å².